The highest BCUT2D eigenvalue weighted by Crippen LogP contribution is 2.37. The number of carbonyl (C=O) groups is 1. The van der Waals surface area contributed by atoms with Gasteiger partial charge >= 0.3 is 0 Å². The van der Waals surface area contributed by atoms with Crippen LogP contribution in [0.4, 0.5) is 5.95 Å². The molecule has 2 fully saturated rings. The molecule has 0 saturated carbocycles. The molecule has 0 aliphatic carbocycles. The van der Waals surface area contributed by atoms with Crippen molar-refractivity contribution in [2.24, 2.45) is 0 Å². The molecule has 0 radical (unpaired) electrons. The van der Waals surface area contributed by atoms with Crippen molar-refractivity contribution in [3.63, 3.8) is 0 Å². The van der Waals surface area contributed by atoms with E-state index in [9.17, 15) is 9.90 Å². The Morgan fingerprint density at radius 2 is 1.82 bits per heavy atom. The third-order valence-electron chi connectivity index (χ3n) is 3.73. The molecule has 1 aromatic heterocycles. The first kappa shape index (κ1) is 10.7. The van der Waals surface area contributed by atoms with Crippen LogP contribution in [0.15, 0.2) is 12.4 Å². The first-order valence-electron chi connectivity index (χ1n) is 6.01. The number of aliphatic hydroxyl groups excluding tert-OH is 1. The lowest BCUT2D eigenvalue weighted by Crippen LogP contribution is -2.45. The fourth-order valence-corrected chi connectivity index (χ4v) is 3.00. The molecule has 2 unspecified atom stereocenters. The van der Waals surface area contributed by atoms with Gasteiger partial charge in [0.05, 0.1) is 11.7 Å². The maximum atomic E-state index is 10.6. The second-order valence-electron chi connectivity index (χ2n) is 4.85. The van der Waals surface area contributed by atoms with Crippen molar-refractivity contribution >= 4 is 12.2 Å². The van der Waals surface area contributed by atoms with Crippen molar-refractivity contribution in [1.82, 2.24) is 9.97 Å². The molecule has 1 N–H and O–H groups in total. The van der Waals surface area contributed by atoms with E-state index >= 15 is 0 Å². The highest BCUT2D eigenvalue weighted by Gasteiger charge is 2.41. The minimum Gasteiger partial charge on any atom is -0.393 e. The Hall–Kier alpha value is -1.49. The largest absolute Gasteiger partial charge is 0.393 e. The van der Waals surface area contributed by atoms with Gasteiger partial charge in [-0.25, -0.2) is 9.97 Å². The summed E-state index contributed by atoms with van der Waals surface area (Å²) in [7, 11) is 0. The molecule has 0 spiro atoms. The van der Waals surface area contributed by atoms with Crippen molar-refractivity contribution < 1.29 is 9.90 Å². The summed E-state index contributed by atoms with van der Waals surface area (Å²) < 4.78 is 0. The SMILES string of the molecule is O=Cc1cnc(N2C3CCC2CC(O)C3)nc1. The van der Waals surface area contributed by atoms with Crippen LogP contribution in [-0.2, 0) is 0 Å². The van der Waals surface area contributed by atoms with Crippen LogP contribution in [0.3, 0.4) is 0 Å². The lowest BCUT2D eigenvalue weighted by molar-refractivity contribution is 0.112. The summed E-state index contributed by atoms with van der Waals surface area (Å²) in [5, 5.41) is 9.72. The smallest absolute Gasteiger partial charge is 0.225 e. The van der Waals surface area contributed by atoms with E-state index in [1.54, 1.807) is 12.4 Å². The quantitative estimate of drug-likeness (QED) is 0.765. The van der Waals surface area contributed by atoms with Gasteiger partial charge in [0.2, 0.25) is 5.95 Å². The third kappa shape index (κ3) is 1.80. The molecule has 5 heteroatoms. The van der Waals surface area contributed by atoms with Gasteiger partial charge in [0.15, 0.2) is 6.29 Å². The molecule has 2 atom stereocenters. The van der Waals surface area contributed by atoms with Crippen molar-refractivity contribution in [2.75, 3.05) is 4.90 Å². The van der Waals surface area contributed by atoms with Crippen molar-refractivity contribution in [1.29, 1.82) is 0 Å². The molecule has 1 aromatic rings. The predicted molar refractivity (Wildman–Crippen MR) is 61.9 cm³/mol. The number of carbonyl (C=O) groups excluding carboxylic acids is 1. The van der Waals surface area contributed by atoms with Crippen LogP contribution >= 0.6 is 0 Å². The molecule has 3 rings (SSSR count). The zero-order valence-corrected chi connectivity index (χ0v) is 9.49. The standard InChI is InChI=1S/C12H15N3O2/c16-7-8-5-13-12(14-6-8)15-9-1-2-10(15)4-11(17)3-9/h5-7,9-11,17H,1-4H2. The van der Waals surface area contributed by atoms with Crippen LogP contribution in [0.25, 0.3) is 0 Å². The molecule has 2 aliphatic rings. The van der Waals surface area contributed by atoms with Crippen LogP contribution in [0.1, 0.15) is 36.0 Å². The number of anilines is 1. The second kappa shape index (κ2) is 4.07. The monoisotopic (exact) mass is 233 g/mol. The number of rotatable bonds is 2. The van der Waals surface area contributed by atoms with E-state index in [0.717, 1.165) is 32.0 Å². The Labute approximate surface area is 99.5 Å². The summed E-state index contributed by atoms with van der Waals surface area (Å²) in [4.78, 5) is 21.2. The predicted octanol–water partition coefficient (Wildman–Crippen LogP) is 0.781. The van der Waals surface area contributed by atoms with Crippen LogP contribution < -0.4 is 4.90 Å². The number of aldehydes is 1. The van der Waals surface area contributed by atoms with E-state index in [0.29, 0.717) is 23.6 Å². The van der Waals surface area contributed by atoms with Gasteiger partial charge in [-0.1, -0.05) is 0 Å². The molecule has 5 nitrogen and oxygen atoms in total. The molecule has 0 aromatic carbocycles. The fraction of sp³-hybridized carbons (Fsp3) is 0.583. The first-order valence-corrected chi connectivity index (χ1v) is 6.01. The van der Waals surface area contributed by atoms with Crippen molar-refractivity contribution in [3.05, 3.63) is 18.0 Å². The Morgan fingerprint density at radius 1 is 1.24 bits per heavy atom. The zero-order chi connectivity index (χ0) is 11.8. The summed E-state index contributed by atoms with van der Waals surface area (Å²) in [6, 6.07) is 0.705. The molecule has 17 heavy (non-hydrogen) atoms. The van der Waals surface area contributed by atoms with Crippen LogP contribution in [0.5, 0.6) is 0 Å². The highest BCUT2D eigenvalue weighted by atomic mass is 16.3. The van der Waals surface area contributed by atoms with E-state index in [4.69, 9.17) is 0 Å². The molecule has 90 valence electrons. The van der Waals surface area contributed by atoms with E-state index in [2.05, 4.69) is 14.9 Å². The van der Waals surface area contributed by atoms with E-state index in [-0.39, 0.29) is 6.10 Å². The van der Waals surface area contributed by atoms with Crippen LogP contribution in [-0.4, -0.2) is 39.5 Å². The molecule has 2 saturated heterocycles. The topological polar surface area (TPSA) is 66.3 Å². The van der Waals surface area contributed by atoms with Gasteiger partial charge in [-0.2, -0.15) is 0 Å². The average molecular weight is 233 g/mol. The third-order valence-corrected chi connectivity index (χ3v) is 3.73. The Balaban J connectivity index is 1.86. The highest BCUT2D eigenvalue weighted by molar-refractivity contribution is 5.73. The van der Waals surface area contributed by atoms with E-state index < -0.39 is 0 Å². The number of hydrogen-bond donors (Lipinski definition) is 1. The minimum atomic E-state index is -0.182. The van der Waals surface area contributed by atoms with Gasteiger partial charge in [0, 0.05) is 24.5 Å². The first-order chi connectivity index (χ1) is 8.28. The molecule has 2 bridgehead atoms. The number of hydrogen-bond acceptors (Lipinski definition) is 5. The minimum absolute atomic E-state index is 0.182. The molecular weight excluding hydrogens is 218 g/mol. The maximum absolute atomic E-state index is 10.6. The Kier molecular flexibility index (Phi) is 2.55. The lowest BCUT2D eigenvalue weighted by atomic mass is 10.0. The van der Waals surface area contributed by atoms with Gasteiger partial charge in [0.25, 0.3) is 0 Å². The summed E-state index contributed by atoms with van der Waals surface area (Å²) in [6.45, 7) is 0. The van der Waals surface area contributed by atoms with E-state index in [1.807, 2.05) is 0 Å². The number of fused-ring (bicyclic) bond motifs is 2. The van der Waals surface area contributed by atoms with Crippen molar-refractivity contribution in [2.45, 2.75) is 43.9 Å². The van der Waals surface area contributed by atoms with Gasteiger partial charge in [0.1, 0.15) is 0 Å². The van der Waals surface area contributed by atoms with E-state index in [1.165, 1.54) is 0 Å². The fourth-order valence-electron chi connectivity index (χ4n) is 3.00. The second-order valence-corrected chi connectivity index (χ2v) is 4.85. The number of aliphatic hydroxyl groups is 1. The molecule has 0 amide bonds. The molecular formula is C12H15N3O2. The van der Waals surface area contributed by atoms with Crippen LogP contribution in [0.2, 0.25) is 0 Å². The van der Waals surface area contributed by atoms with Crippen LogP contribution in [0, 0.1) is 0 Å². The lowest BCUT2D eigenvalue weighted by Gasteiger charge is -2.37. The number of nitrogens with zero attached hydrogens (tertiary/aromatic N) is 3. The Morgan fingerprint density at radius 3 is 2.35 bits per heavy atom. The summed E-state index contributed by atoms with van der Waals surface area (Å²) in [5.41, 5.74) is 0.498. The van der Waals surface area contributed by atoms with Gasteiger partial charge in [-0.3, -0.25) is 4.79 Å². The summed E-state index contributed by atoms with van der Waals surface area (Å²) in [6.07, 6.45) is 7.47. The van der Waals surface area contributed by atoms with Gasteiger partial charge in [-0.15, -0.1) is 0 Å². The molecule has 3 heterocycles. The normalized spacial score (nSPS) is 31.6. The average Bonchev–Trinajstić information content (AvgIpc) is 2.62. The molecule has 2 aliphatic heterocycles. The van der Waals surface area contributed by atoms with Crippen molar-refractivity contribution in [3.8, 4) is 0 Å². The van der Waals surface area contributed by atoms with Gasteiger partial charge in [-0.05, 0) is 25.7 Å². The maximum Gasteiger partial charge on any atom is 0.225 e. The Bertz CT molecular complexity index is 406. The summed E-state index contributed by atoms with van der Waals surface area (Å²) >= 11 is 0. The zero-order valence-electron chi connectivity index (χ0n) is 9.49. The summed E-state index contributed by atoms with van der Waals surface area (Å²) in [5.74, 6) is 0.690. The number of aromatic nitrogens is 2. The van der Waals surface area contributed by atoms with Gasteiger partial charge < -0.3 is 10.0 Å². The number of piperidine rings is 1.